The Balaban J connectivity index is 4.12. The Morgan fingerprint density at radius 3 is 1.91 bits per heavy atom. The Hall–Kier alpha value is -0.510. The summed E-state index contributed by atoms with van der Waals surface area (Å²) < 4.78 is 0. The van der Waals surface area contributed by atoms with Crippen molar-refractivity contribution < 1.29 is 9.59 Å². The molecule has 0 aliphatic rings. The van der Waals surface area contributed by atoms with Gasteiger partial charge in [0, 0.05) is 6.92 Å². The number of thioether (sulfide) groups is 1. The number of hydrogen-bond acceptors (Lipinski definition) is 3. The van der Waals surface area contributed by atoms with Gasteiger partial charge < -0.3 is 5.73 Å². The molecule has 1 atom stereocenters. The molecule has 0 fully saturated rings. The Bertz CT molecular complexity index is 168. The van der Waals surface area contributed by atoms with Crippen molar-refractivity contribution in [3.63, 3.8) is 0 Å². The van der Waals surface area contributed by atoms with Crippen LogP contribution in [0.4, 0.5) is 0 Å². The predicted molar refractivity (Wildman–Crippen MR) is 46.1 cm³/mol. The maximum absolute atomic E-state index is 10.7. The molecular weight excluding hydrogens is 162 g/mol. The Kier molecular flexibility index (Phi) is 4.18. The summed E-state index contributed by atoms with van der Waals surface area (Å²) >= 11 is 1.00. The molecule has 0 aliphatic carbocycles. The molecular formula is C7H13NO2S. The molecule has 0 rings (SSSR count). The second-order valence-electron chi connectivity index (χ2n) is 2.68. The fourth-order valence-corrected chi connectivity index (χ4v) is 1.45. The molecule has 0 aromatic heterocycles. The first-order valence-corrected chi connectivity index (χ1v) is 4.29. The molecule has 1 unspecified atom stereocenters. The number of amides is 1. The van der Waals surface area contributed by atoms with Crippen LogP contribution >= 0.6 is 11.8 Å². The van der Waals surface area contributed by atoms with Gasteiger partial charge in [0.2, 0.25) is 5.91 Å². The SMILES string of the molecule is CC(=O)SC(C(N)=O)C(C)C. The maximum Gasteiger partial charge on any atom is 0.231 e. The van der Waals surface area contributed by atoms with E-state index in [1.54, 1.807) is 0 Å². The van der Waals surface area contributed by atoms with E-state index in [0.29, 0.717) is 0 Å². The molecule has 0 aliphatic heterocycles. The van der Waals surface area contributed by atoms with E-state index in [1.165, 1.54) is 6.92 Å². The molecule has 0 bridgehead atoms. The average molecular weight is 175 g/mol. The maximum atomic E-state index is 10.7. The van der Waals surface area contributed by atoms with Crippen molar-refractivity contribution in [2.24, 2.45) is 11.7 Å². The smallest absolute Gasteiger partial charge is 0.231 e. The van der Waals surface area contributed by atoms with Crippen molar-refractivity contribution in [2.45, 2.75) is 26.0 Å². The lowest BCUT2D eigenvalue weighted by atomic mass is 10.1. The van der Waals surface area contributed by atoms with E-state index in [2.05, 4.69) is 0 Å². The van der Waals surface area contributed by atoms with Gasteiger partial charge >= 0.3 is 0 Å². The lowest BCUT2D eigenvalue weighted by Crippen LogP contribution is -2.30. The van der Waals surface area contributed by atoms with E-state index in [0.717, 1.165) is 11.8 Å². The summed E-state index contributed by atoms with van der Waals surface area (Å²) in [4.78, 5) is 21.3. The van der Waals surface area contributed by atoms with Gasteiger partial charge in [0.1, 0.15) is 0 Å². The number of carbonyl (C=O) groups is 2. The predicted octanol–water partition coefficient (Wildman–Crippen LogP) is 0.776. The van der Waals surface area contributed by atoms with Crippen LogP contribution in [0, 0.1) is 5.92 Å². The van der Waals surface area contributed by atoms with Gasteiger partial charge in [-0.25, -0.2) is 0 Å². The number of carbonyl (C=O) groups excluding carboxylic acids is 2. The van der Waals surface area contributed by atoms with Crippen LogP contribution in [-0.2, 0) is 9.59 Å². The third kappa shape index (κ3) is 4.03. The zero-order chi connectivity index (χ0) is 9.02. The van der Waals surface area contributed by atoms with Crippen LogP contribution in [0.2, 0.25) is 0 Å². The van der Waals surface area contributed by atoms with Crippen molar-refractivity contribution in [3.05, 3.63) is 0 Å². The van der Waals surface area contributed by atoms with E-state index >= 15 is 0 Å². The molecule has 0 saturated heterocycles. The van der Waals surface area contributed by atoms with Gasteiger partial charge in [-0.3, -0.25) is 9.59 Å². The highest BCUT2D eigenvalue weighted by Gasteiger charge is 2.21. The van der Waals surface area contributed by atoms with Gasteiger partial charge in [0.25, 0.3) is 0 Å². The monoisotopic (exact) mass is 175 g/mol. The topological polar surface area (TPSA) is 60.2 Å². The van der Waals surface area contributed by atoms with Crippen molar-refractivity contribution in [3.8, 4) is 0 Å². The average Bonchev–Trinajstić information content (AvgIpc) is 1.81. The van der Waals surface area contributed by atoms with Crippen LogP contribution in [0.25, 0.3) is 0 Å². The van der Waals surface area contributed by atoms with Crippen LogP contribution in [0.15, 0.2) is 0 Å². The van der Waals surface area contributed by atoms with Crippen LogP contribution in [0.3, 0.4) is 0 Å². The van der Waals surface area contributed by atoms with Gasteiger partial charge in [0.15, 0.2) is 5.12 Å². The largest absolute Gasteiger partial charge is 0.369 e. The molecule has 0 aromatic rings. The Morgan fingerprint density at radius 2 is 1.82 bits per heavy atom. The lowest BCUT2D eigenvalue weighted by Gasteiger charge is -2.13. The highest BCUT2D eigenvalue weighted by Crippen LogP contribution is 2.19. The highest BCUT2D eigenvalue weighted by atomic mass is 32.2. The first-order valence-electron chi connectivity index (χ1n) is 3.41. The molecule has 11 heavy (non-hydrogen) atoms. The van der Waals surface area contributed by atoms with Crippen LogP contribution in [-0.4, -0.2) is 16.3 Å². The Labute approximate surface area is 70.7 Å². The van der Waals surface area contributed by atoms with E-state index in [4.69, 9.17) is 5.73 Å². The van der Waals surface area contributed by atoms with Gasteiger partial charge in [0.05, 0.1) is 5.25 Å². The normalized spacial score (nSPS) is 13.1. The van der Waals surface area contributed by atoms with Gasteiger partial charge in [-0.05, 0) is 5.92 Å². The van der Waals surface area contributed by atoms with Crippen molar-refractivity contribution in [1.29, 1.82) is 0 Å². The summed E-state index contributed by atoms with van der Waals surface area (Å²) in [5, 5.41) is -0.449. The van der Waals surface area contributed by atoms with Crippen molar-refractivity contribution >= 4 is 22.8 Å². The van der Waals surface area contributed by atoms with Crippen molar-refractivity contribution in [2.75, 3.05) is 0 Å². The molecule has 1 amide bonds. The summed E-state index contributed by atoms with van der Waals surface area (Å²) in [6.45, 7) is 5.17. The molecule has 3 nitrogen and oxygen atoms in total. The third-order valence-electron chi connectivity index (χ3n) is 1.18. The quantitative estimate of drug-likeness (QED) is 0.689. The molecule has 0 radical (unpaired) electrons. The standard InChI is InChI=1S/C7H13NO2S/c1-4(2)6(7(8)10)11-5(3)9/h4,6H,1-3H3,(H2,8,10). The minimum atomic E-state index is -0.416. The number of hydrogen-bond donors (Lipinski definition) is 1. The Morgan fingerprint density at radius 1 is 1.36 bits per heavy atom. The van der Waals surface area contributed by atoms with Gasteiger partial charge in [-0.2, -0.15) is 0 Å². The second kappa shape index (κ2) is 4.38. The van der Waals surface area contributed by atoms with Crippen LogP contribution < -0.4 is 5.73 Å². The fraction of sp³-hybridized carbons (Fsp3) is 0.714. The van der Waals surface area contributed by atoms with E-state index in [1.807, 2.05) is 13.8 Å². The summed E-state index contributed by atoms with van der Waals surface area (Å²) in [7, 11) is 0. The molecule has 64 valence electrons. The highest BCUT2D eigenvalue weighted by molar-refractivity contribution is 8.14. The molecule has 0 spiro atoms. The lowest BCUT2D eigenvalue weighted by molar-refractivity contribution is -0.118. The number of rotatable bonds is 3. The molecule has 0 saturated carbocycles. The molecule has 0 heterocycles. The third-order valence-corrected chi connectivity index (χ3v) is 2.54. The minimum Gasteiger partial charge on any atom is -0.369 e. The van der Waals surface area contributed by atoms with E-state index in [9.17, 15) is 9.59 Å². The molecule has 0 aromatic carbocycles. The first kappa shape index (κ1) is 10.5. The zero-order valence-corrected chi connectivity index (χ0v) is 7.77. The number of nitrogens with two attached hydrogens (primary N) is 1. The van der Waals surface area contributed by atoms with Crippen LogP contribution in [0.1, 0.15) is 20.8 Å². The summed E-state index contributed by atoms with van der Waals surface area (Å²) in [6, 6.07) is 0. The molecule has 4 heteroatoms. The zero-order valence-electron chi connectivity index (χ0n) is 6.96. The molecule has 2 N–H and O–H groups in total. The van der Waals surface area contributed by atoms with Gasteiger partial charge in [-0.15, -0.1) is 0 Å². The van der Waals surface area contributed by atoms with E-state index < -0.39 is 5.91 Å². The summed E-state index contributed by atoms with van der Waals surface area (Å²) in [5.41, 5.74) is 5.07. The van der Waals surface area contributed by atoms with Gasteiger partial charge in [-0.1, -0.05) is 25.6 Å². The van der Waals surface area contributed by atoms with Crippen LogP contribution in [0.5, 0.6) is 0 Å². The first-order chi connectivity index (χ1) is 4.95. The minimum absolute atomic E-state index is 0.0671. The van der Waals surface area contributed by atoms with E-state index in [-0.39, 0.29) is 16.3 Å². The number of primary amides is 1. The fourth-order valence-electron chi connectivity index (χ4n) is 0.701. The van der Waals surface area contributed by atoms with Crippen molar-refractivity contribution in [1.82, 2.24) is 0 Å². The summed E-state index contributed by atoms with van der Waals surface area (Å²) in [5.74, 6) is -0.304. The second-order valence-corrected chi connectivity index (χ2v) is 3.99. The summed E-state index contributed by atoms with van der Waals surface area (Å²) in [6.07, 6.45) is 0.